The van der Waals surface area contributed by atoms with Crippen molar-refractivity contribution in [1.82, 2.24) is 9.78 Å². The Balaban J connectivity index is 2.39. The van der Waals surface area contributed by atoms with Gasteiger partial charge in [-0.05, 0) is 31.0 Å². The number of benzene rings is 1. The summed E-state index contributed by atoms with van der Waals surface area (Å²) in [6.45, 7) is 3.67. The van der Waals surface area contributed by atoms with Crippen molar-refractivity contribution < 1.29 is 19.4 Å². The molecule has 0 aliphatic rings. The van der Waals surface area contributed by atoms with Crippen LogP contribution in [0.2, 0.25) is 0 Å². The number of carbonyl (C=O) groups is 2. The molecular weight excluding hydrogens is 298 g/mol. The van der Waals surface area contributed by atoms with Crippen LogP contribution in [0.4, 0.5) is 5.69 Å². The second-order valence-electron chi connectivity index (χ2n) is 5.14. The number of methoxy groups -OCH3 is 1. The van der Waals surface area contributed by atoms with E-state index in [1.54, 1.807) is 30.9 Å². The van der Waals surface area contributed by atoms with Gasteiger partial charge in [-0.3, -0.25) is 9.48 Å². The number of carboxylic acid groups (broad SMARTS) is 1. The summed E-state index contributed by atoms with van der Waals surface area (Å²) in [6, 6.07) is 2.87. The van der Waals surface area contributed by atoms with E-state index in [0.717, 1.165) is 5.69 Å². The number of ether oxygens (including phenoxy) is 1. The maximum atomic E-state index is 12.5. The predicted octanol–water partition coefficient (Wildman–Crippen LogP) is 2.25. The fourth-order valence-corrected chi connectivity index (χ4v) is 2.35. The summed E-state index contributed by atoms with van der Waals surface area (Å²) in [5.74, 6) is -1.30. The van der Waals surface area contributed by atoms with Crippen molar-refractivity contribution >= 4 is 17.6 Å². The van der Waals surface area contributed by atoms with Crippen LogP contribution in [0.5, 0.6) is 5.75 Å². The average molecular weight is 317 g/mol. The molecule has 0 unspecified atom stereocenters. The van der Waals surface area contributed by atoms with Gasteiger partial charge in [0.05, 0.1) is 18.5 Å². The number of hydrogen-bond donors (Lipinski definition) is 2. The van der Waals surface area contributed by atoms with Gasteiger partial charge in [0.15, 0.2) is 0 Å². The summed E-state index contributed by atoms with van der Waals surface area (Å²) in [4.78, 5) is 23.8. The van der Waals surface area contributed by atoms with Crippen LogP contribution in [0, 0.1) is 6.92 Å². The van der Waals surface area contributed by atoms with Gasteiger partial charge in [-0.1, -0.05) is 6.92 Å². The standard InChI is InChI=1S/C16H19N3O4/c1-5-12-13(8-19(3)18-12)17-15(20)10-7-11(16(21)22)14(23-4)6-9(10)2/h6-8H,5H2,1-4H3,(H,17,20)(H,21,22). The molecule has 2 N–H and O–H groups in total. The first-order chi connectivity index (χ1) is 10.9. The van der Waals surface area contributed by atoms with Gasteiger partial charge in [0.2, 0.25) is 0 Å². The Morgan fingerprint density at radius 3 is 2.61 bits per heavy atom. The van der Waals surface area contributed by atoms with E-state index in [9.17, 15) is 14.7 Å². The molecule has 23 heavy (non-hydrogen) atoms. The number of aromatic nitrogens is 2. The zero-order valence-corrected chi connectivity index (χ0v) is 13.5. The Hall–Kier alpha value is -2.83. The van der Waals surface area contributed by atoms with Gasteiger partial charge < -0.3 is 15.2 Å². The maximum Gasteiger partial charge on any atom is 0.339 e. The van der Waals surface area contributed by atoms with Crippen molar-refractivity contribution in [2.45, 2.75) is 20.3 Å². The number of carbonyl (C=O) groups excluding carboxylic acids is 1. The van der Waals surface area contributed by atoms with E-state index >= 15 is 0 Å². The molecule has 1 amide bonds. The van der Waals surface area contributed by atoms with E-state index in [1.807, 2.05) is 6.92 Å². The summed E-state index contributed by atoms with van der Waals surface area (Å²) in [5.41, 5.74) is 2.25. The normalized spacial score (nSPS) is 10.4. The Kier molecular flexibility index (Phi) is 4.68. The monoisotopic (exact) mass is 317 g/mol. The van der Waals surface area contributed by atoms with Crippen molar-refractivity contribution in [3.8, 4) is 5.75 Å². The van der Waals surface area contributed by atoms with Crippen LogP contribution in [0.25, 0.3) is 0 Å². The zero-order valence-electron chi connectivity index (χ0n) is 13.5. The quantitative estimate of drug-likeness (QED) is 0.882. The first kappa shape index (κ1) is 16.5. The number of nitrogens with zero attached hydrogens (tertiary/aromatic N) is 2. The predicted molar refractivity (Wildman–Crippen MR) is 85.2 cm³/mol. The molecular formula is C16H19N3O4. The van der Waals surface area contributed by atoms with Gasteiger partial charge in [0.1, 0.15) is 11.3 Å². The Morgan fingerprint density at radius 1 is 1.35 bits per heavy atom. The van der Waals surface area contributed by atoms with Crippen molar-refractivity contribution in [1.29, 1.82) is 0 Å². The van der Waals surface area contributed by atoms with Crippen LogP contribution in [-0.2, 0) is 13.5 Å². The number of nitrogens with one attached hydrogen (secondary N) is 1. The average Bonchev–Trinajstić information content (AvgIpc) is 2.85. The fraction of sp³-hybridized carbons (Fsp3) is 0.312. The van der Waals surface area contributed by atoms with Crippen molar-refractivity contribution in [3.63, 3.8) is 0 Å². The SMILES string of the molecule is CCc1nn(C)cc1NC(=O)c1cc(C(=O)O)c(OC)cc1C. The van der Waals surface area contributed by atoms with Crippen LogP contribution in [-0.4, -0.2) is 33.9 Å². The van der Waals surface area contributed by atoms with Gasteiger partial charge in [-0.15, -0.1) is 0 Å². The molecule has 0 fully saturated rings. The number of anilines is 1. The third-order valence-electron chi connectivity index (χ3n) is 3.51. The largest absolute Gasteiger partial charge is 0.496 e. The van der Waals surface area contributed by atoms with Gasteiger partial charge in [0.25, 0.3) is 5.91 Å². The van der Waals surface area contributed by atoms with E-state index < -0.39 is 5.97 Å². The van der Waals surface area contributed by atoms with Crippen LogP contribution >= 0.6 is 0 Å². The third kappa shape index (κ3) is 3.33. The Labute approximate surface area is 133 Å². The van der Waals surface area contributed by atoms with Crippen LogP contribution in [0.1, 0.15) is 38.9 Å². The number of rotatable bonds is 5. The molecule has 0 atom stereocenters. The van der Waals surface area contributed by atoms with Crippen molar-refractivity contribution in [3.05, 3.63) is 40.7 Å². The summed E-state index contributed by atoms with van der Waals surface area (Å²) >= 11 is 0. The second-order valence-corrected chi connectivity index (χ2v) is 5.14. The van der Waals surface area contributed by atoms with Gasteiger partial charge in [-0.2, -0.15) is 5.10 Å². The van der Waals surface area contributed by atoms with Gasteiger partial charge in [0, 0.05) is 18.8 Å². The van der Waals surface area contributed by atoms with Crippen LogP contribution < -0.4 is 10.1 Å². The molecule has 7 heteroatoms. The first-order valence-corrected chi connectivity index (χ1v) is 7.13. The zero-order chi connectivity index (χ0) is 17.1. The molecule has 7 nitrogen and oxygen atoms in total. The van der Waals surface area contributed by atoms with Crippen molar-refractivity contribution in [2.24, 2.45) is 7.05 Å². The molecule has 2 aromatic rings. The molecule has 0 saturated heterocycles. The molecule has 1 aromatic heterocycles. The highest BCUT2D eigenvalue weighted by molar-refractivity contribution is 6.07. The molecule has 0 saturated carbocycles. The summed E-state index contributed by atoms with van der Waals surface area (Å²) < 4.78 is 6.68. The molecule has 1 heterocycles. The molecule has 122 valence electrons. The highest BCUT2D eigenvalue weighted by atomic mass is 16.5. The number of aromatic carboxylic acids is 1. The molecule has 0 aliphatic carbocycles. The highest BCUT2D eigenvalue weighted by Crippen LogP contribution is 2.25. The number of hydrogen-bond acceptors (Lipinski definition) is 4. The lowest BCUT2D eigenvalue weighted by molar-refractivity contribution is 0.0693. The van der Waals surface area contributed by atoms with E-state index in [4.69, 9.17) is 4.74 Å². The molecule has 2 rings (SSSR count). The smallest absolute Gasteiger partial charge is 0.339 e. The van der Waals surface area contributed by atoms with Gasteiger partial charge >= 0.3 is 5.97 Å². The molecule has 1 aromatic carbocycles. The summed E-state index contributed by atoms with van der Waals surface area (Å²) in [7, 11) is 3.17. The summed E-state index contributed by atoms with van der Waals surface area (Å²) in [5, 5.41) is 16.3. The number of amides is 1. The van der Waals surface area contributed by atoms with Crippen LogP contribution in [0.15, 0.2) is 18.3 Å². The van der Waals surface area contributed by atoms with E-state index in [-0.39, 0.29) is 22.8 Å². The van der Waals surface area contributed by atoms with Crippen LogP contribution in [0.3, 0.4) is 0 Å². The van der Waals surface area contributed by atoms with Gasteiger partial charge in [-0.25, -0.2) is 4.79 Å². The molecule has 0 spiro atoms. The first-order valence-electron chi connectivity index (χ1n) is 7.13. The van der Waals surface area contributed by atoms with E-state index in [0.29, 0.717) is 17.7 Å². The summed E-state index contributed by atoms with van der Waals surface area (Å²) in [6.07, 6.45) is 2.39. The highest BCUT2D eigenvalue weighted by Gasteiger charge is 2.19. The maximum absolute atomic E-state index is 12.5. The fourth-order valence-electron chi connectivity index (χ4n) is 2.35. The lowest BCUT2D eigenvalue weighted by atomic mass is 10.0. The van der Waals surface area contributed by atoms with E-state index in [2.05, 4.69) is 10.4 Å². The lowest BCUT2D eigenvalue weighted by Crippen LogP contribution is -2.15. The van der Waals surface area contributed by atoms with E-state index in [1.165, 1.54) is 13.2 Å². The second kappa shape index (κ2) is 6.51. The van der Waals surface area contributed by atoms with Crippen molar-refractivity contribution in [2.75, 3.05) is 12.4 Å². The number of carboxylic acids is 1. The Bertz CT molecular complexity index is 765. The molecule has 0 aliphatic heterocycles. The minimum Gasteiger partial charge on any atom is -0.496 e. The lowest BCUT2D eigenvalue weighted by Gasteiger charge is -2.11. The molecule has 0 bridgehead atoms. The third-order valence-corrected chi connectivity index (χ3v) is 3.51. The topological polar surface area (TPSA) is 93.5 Å². The molecule has 0 radical (unpaired) electrons. The number of aryl methyl sites for hydroxylation is 3. The minimum atomic E-state index is -1.15. The minimum absolute atomic E-state index is 0.0508. The Morgan fingerprint density at radius 2 is 2.04 bits per heavy atom.